The Hall–Kier alpha value is -0.780. The molecule has 0 aromatic heterocycles. The van der Waals surface area contributed by atoms with Gasteiger partial charge in [0.15, 0.2) is 0 Å². The zero-order chi connectivity index (χ0) is 11.1. The SMILES string of the molecule is CCCCCc1ccc[c]c1CC(C)C. The Morgan fingerprint density at radius 1 is 1.27 bits per heavy atom. The van der Waals surface area contributed by atoms with E-state index in [1.54, 1.807) is 0 Å². The average molecular weight is 203 g/mol. The maximum Gasteiger partial charge on any atom is -0.0146 e. The van der Waals surface area contributed by atoms with E-state index in [0.29, 0.717) is 0 Å². The Bertz CT molecular complexity index is 273. The van der Waals surface area contributed by atoms with Crippen LogP contribution < -0.4 is 0 Å². The molecule has 0 N–H and O–H groups in total. The van der Waals surface area contributed by atoms with Crippen LogP contribution in [0.3, 0.4) is 0 Å². The number of hydrogen-bond donors (Lipinski definition) is 0. The van der Waals surface area contributed by atoms with Gasteiger partial charge in [-0.2, -0.15) is 0 Å². The molecule has 0 aliphatic carbocycles. The summed E-state index contributed by atoms with van der Waals surface area (Å²) in [5, 5.41) is 0. The minimum Gasteiger partial charge on any atom is -0.0654 e. The first kappa shape index (κ1) is 12.3. The van der Waals surface area contributed by atoms with Gasteiger partial charge in [0.1, 0.15) is 0 Å². The molecule has 0 aliphatic rings. The third kappa shape index (κ3) is 4.51. The Morgan fingerprint density at radius 2 is 2.07 bits per heavy atom. The summed E-state index contributed by atoms with van der Waals surface area (Å²) in [7, 11) is 0. The van der Waals surface area contributed by atoms with Gasteiger partial charge in [0.2, 0.25) is 0 Å². The lowest BCUT2D eigenvalue weighted by atomic mass is 9.95. The van der Waals surface area contributed by atoms with Gasteiger partial charge in [0, 0.05) is 0 Å². The smallest absolute Gasteiger partial charge is 0.0146 e. The van der Waals surface area contributed by atoms with Crippen LogP contribution in [0.15, 0.2) is 18.2 Å². The van der Waals surface area contributed by atoms with Crippen LogP contribution in [0.5, 0.6) is 0 Å². The number of unbranched alkanes of at least 4 members (excludes halogenated alkanes) is 2. The highest BCUT2D eigenvalue weighted by Gasteiger charge is 2.03. The van der Waals surface area contributed by atoms with Gasteiger partial charge in [-0.1, -0.05) is 51.8 Å². The van der Waals surface area contributed by atoms with E-state index in [1.165, 1.54) is 43.2 Å². The second kappa shape index (κ2) is 6.66. The topological polar surface area (TPSA) is 0 Å². The highest BCUT2D eigenvalue weighted by molar-refractivity contribution is 5.26. The first-order valence-corrected chi connectivity index (χ1v) is 6.22. The average Bonchev–Trinajstić information content (AvgIpc) is 2.20. The number of hydrogen-bond acceptors (Lipinski definition) is 0. The van der Waals surface area contributed by atoms with Crippen molar-refractivity contribution in [3.63, 3.8) is 0 Å². The molecule has 0 atom stereocenters. The quantitative estimate of drug-likeness (QED) is 0.600. The summed E-state index contributed by atoms with van der Waals surface area (Å²) in [4.78, 5) is 0. The Balaban J connectivity index is 2.60. The maximum atomic E-state index is 3.40. The summed E-state index contributed by atoms with van der Waals surface area (Å²) in [6.45, 7) is 6.81. The second-order valence-electron chi connectivity index (χ2n) is 4.73. The molecule has 0 nitrogen and oxygen atoms in total. The van der Waals surface area contributed by atoms with E-state index in [-0.39, 0.29) is 0 Å². The van der Waals surface area contributed by atoms with Gasteiger partial charge in [-0.3, -0.25) is 0 Å². The zero-order valence-corrected chi connectivity index (χ0v) is 10.3. The largest absolute Gasteiger partial charge is 0.0654 e. The van der Waals surface area contributed by atoms with E-state index in [9.17, 15) is 0 Å². The third-order valence-electron chi connectivity index (χ3n) is 2.70. The van der Waals surface area contributed by atoms with Crippen LogP contribution in [0.2, 0.25) is 0 Å². The molecule has 0 saturated heterocycles. The zero-order valence-electron chi connectivity index (χ0n) is 10.3. The van der Waals surface area contributed by atoms with Gasteiger partial charge < -0.3 is 0 Å². The second-order valence-corrected chi connectivity index (χ2v) is 4.73. The van der Waals surface area contributed by atoms with Crippen LogP contribution >= 0.6 is 0 Å². The molecule has 0 fully saturated rings. The maximum absolute atomic E-state index is 3.40. The van der Waals surface area contributed by atoms with Crippen molar-refractivity contribution in [2.75, 3.05) is 0 Å². The van der Waals surface area contributed by atoms with E-state index >= 15 is 0 Å². The van der Waals surface area contributed by atoms with Crippen LogP contribution in [0.4, 0.5) is 0 Å². The fourth-order valence-electron chi connectivity index (χ4n) is 1.90. The lowest BCUT2D eigenvalue weighted by Crippen LogP contribution is -1.99. The van der Waals surface area contributed by atoms with E-state index in [4.69, 9.17) is 0 Å². The fraction of sp³-hybridized carbons (Fsp3) is 0.600. The molecule has 0 heteroatoms. The van der Waals surface area contributed by atoms with Crippen LogP contribution in [-0.2, 0) is 12.8 Å². The minimum absolute atomic E-state index is 0.730. The molecular formula is C15H23. The summed E-state index contributed by atoms with van der Waals surface area (Å²) in [5.41, 5.74) is 2.95. The van der Waals surface area contributed by atoms with Crippen LogP contribution in [0, 0.1) is 12.0 Å². The normalized spacial score (nSPS) is 10.9. The van der Waals surface area contributed by atoms with Gasteiger partial charge in [-0.15, -0.1) is 0 Å². The summed E-state index contributed by atoms with van der Waals surface area (Å²) < 4.78 is 0. The molecule has 1 rings (SSSR count). The van der Waals surface area contributed by atoms with Gasteiger partial charge in [-0.25, -0.2) is 0 Å². The molecule has 1 aromatic rings. The molecule has 83 valence electrons. The van der Waals surface area contributed by atoms with Crippen molar-refractivity contribution >= 4 is 0 Å². The van der Waals surface area contributed by atoms with Crippen molar-refractivity contribution < 1.29 is 0 Å². The van der Waals surface area contributed by atoms with Gasteiger partial charge in [-0.05, 0) is 42.4 Å². The molecule has 0 spiro atoms. The van der Waals surface area contributed by atoms with E-state index in [0.717, 1.165) is 5.92 Å². The Kier molecular flexibility index (Phi) is 5.45. The highest BCUT2D eigenvalue weighted by Crippen LogP contribution is 2.15. The first-order valence-electron chi connectivity index (χ1n) is 6.22. The molecule has 15 heavy (non-hydrogen) atoms. The van der Waals surface area contributed by atoms with E-state index in [1.807, 2.05) is 6.07 Å². The molecule has 0 saturated carbocycles. The predicted octanol–water partition coefficient (Wildman–Crippen LogP) is 4.42. The fourth-order valence-corrected chi connectivity index (χ4v) is 1.90. The van der Waals surface area contributed by atoms with Crippen molar-refractivity contribution in [1.29, 1.82) is 0 Å². The van der Waals surface area contributed by atoms with Crippen molar-refractivity contribution in [2.24, 2.45) is 5.92 Å². The summed E-state index contributed by atoms with van der Waals surface area (Å²) in [5.74, 6) is 0.730. The number of rotatable bonds is 6. The Labute approximate surface area is 94.7 Å². The highest BCUT2D eigenvalue weighted by atomic mass is 14.1. The van der Waals surface area contributed by atoms with Crippen molar-refractivity contribution in [1.82, 2.24) is 0 Å². The summed E-state index contributed by atoms with van der Waals surface area (Å²) in [6, 6.07) is 9.82. The molecule has 0 bridgehead atoms. The van der Waals surface area contributed by atoms with Crippen molar-refractivity contribution in [2.45, 2.75) is 52.9 Å². The lowest BCUT2D eigenvalue weighted by molar-refractivity contribution is 0.636. The van der Waals surface area contributed by atoms with E-state index in [2.05, 4.69) is 39.0 Å². The molecule has 1 aromatic carbocycles. The summed E-state index contributed by atoms with van der Waals surface area (Å²) >= 11 is 0. The summed E-state index contributed by atoms with van der Waals surface area (Å²) in [6.07, 6.45) is 6.36. The molecule has 1 radical (unpaired) electrons. The predicted molar refractivity (Wildman–Crippen MR) is 67.0 cm³/mol. The standard InChI is InChI=1S/C15H23/c1-4-5-6-9-14-10-7-8-11-15(14)12-13(2)3/h7-8,10,13H,4-6,9,12H2,1-3H3. The molecule has 0 amide bonds. The van der Waals surface area contributed by atoms with Crippen molar-refractivity contribution in [3.05, 3.63) is 35.4 Å². The van der Waals surface area contributed by atoms with Gasteiger partial charge >= 0.3 is 0 Å². The molecule has 0 heterocycles. The molecular weight excluding hydrogens is 180 g/mol. The Morgan fingerprint density at radius 3 is 2.73 bits per heavy atom. The monoisotopic (exact) mass is 203 g/mol. The lowest BCUT2D eigenvalue weighted by Gasteiger charge is -2.10. The van der Waals surface area contributed by atoms with Crippen molar-refractivity contribution in [3.8, 4) is 0 Å². The van der Waals surface area contributed by atoms with Gasteiger partial charge in [0.25, 0.3) is 0 Å². The number of benzene rings is 1. The van der Waals surface area contributed by atoms with Gasteiger partial charge in [0.05, 0.1) is 0 Å². The van der Waals surface area contributed by atoms with Crippen LogP contribution in [-0.4, -0.2) is 0 Å². The first-order chi connectivity index (χ1) is 7.24. The minimum atomic E-state index is 0.730. The molecule has 0 unspecified atom stereocenters. The molecule has 0 aliphatic heterocycles. The van der Waals surface area contributed by atoms with Crippen LogP contribution in [0.1, 0.15) is 51.2 Å². The third-order valence-corrected chi connectivity index (χ3v) is 2.70. The number of aryl methyl sites for hydroxylation is 1. The van der Waals surface area contributed by atoms with E-state index < -0.39 is 0 Å². The van der Waals surface area contributed by atoms with Crippen LogP contribution in [0.25, 0.3) is 0 Å².